The summed E-state index contributed by atoms with van der Waals surface area (Å²) in [5.41, 5.74) is 0.263. The number of amides is 1. The average molecular weight is 321 g/mol. The van der Waals surface area contributed by atoms with Crippen LogP contribution in [0.4, 0.5) is 0 Å². The van der Waals surface area contributed by atoms with Crippen molar-refractivity contribution in [2.24, 2.45) is 5.92 Å². The number of hydrogen-bond donors (Lipinski definition) is 3. The first-order chi connectivity index (χ1) is 10.7. The third kappa shape index (κ3) is 7.79. The van der Waals surface area contributed by atoms with Gasteiger partial charge in [0.25, 0.3) is 0 Å². The van der Waals surface area contributed by atoms with Crippen molar-refractivity contribution in [2.45, 2.75) is 52.1 Å². The van der Waals surface area contributed by atoms with E-state index >= 15 is 0 Å². The lowest BCUT2D eigenvalue weighted by atomic mass is 9.95. The van der Waals surface area contributed by atoms with Crippen molar-refractivity contribution in [3.8, 4) is 0 Å². The van der Waals surface area contributed by atoms with Crippen molar-refractivity contribution in [1.82, 2.24) is 5.32 Å². The van der Waals surface area contributed by atoms with Crippen molar-refractivity contribution >= 4 is 11.9 Å². The molecule has 0 saturated heterocycles. The van der Waals surface area contributed by atoms with Gasteiger partial charge in [-0.05, 0) is 49.8 Å². The van der Waals surface area contributed by atoms with Gasteiger partial charge in [-0.3, -0.25) is 4.79 Å². The van der Waals surface area contributed by atoms with Gasteiger partial charge in [-0.25, -0.2) is 4.79 Å². The molecule has 0 aliphatic rings. The van der Waals surface area contributed by atoms with Crippen LogP contribution in [-0.2, 0) is 11.2 Å². The molecule has 1 rings (SSSR count). The predicted octanol–water partition coefficient (Wildman–Crippen LogP) is 2.62. The fraction of sp³-hybridized carbons (Fsp3) is 0.556. The van der Waals surface area contributed by atoms with Gasteiger partial charge in [0.1, 0.15) is 0 Å². The molecular weight excluding hydrogens is 294 g/mol. The maximum atomic E-state index is 11.9. The average Bonchev–Trinajstić information content (AvgIpc) is 2.49. The van der Waals surface area contributed by atoms with Crippen molar-refractivity contribution in [3.63, 3.8) is 0 Å². The number of carboxylic acids is 1. The smallest absolute Gasteiger partial charge is 0.335 e. The van der Waals surface area contributed by atoms with Crippen LogP contribution >= 0.6 is 0 Å². The minimum atomic E-state index is -0.960. The highest BCUT2D eigenvalue weighted by Crippen LogP contribution is 2.15. The highest BCUT2D eigenvalue weighted by atomic mass is 16.4. The monoisotopic (exact) mass is 321 g/mol. The molecule has 0 aromatic heterocycles. The molecule has 1 amide bonds. The molecule has 3 N–H and O–H groups in total. The second kappa shape index (κ2) is 8.67. The van der Waals surface area contributed by atoms with E-state index in [1.165, 1.54) is 12.1 Å². The summed E-state index contributed by atoms with van der Waals surface area (Å²) in [6.45, 7) is 6.19. The molecule has 0 saturated carbocycles. The summed E-state index contributed by atoms with van der Waals surface area (Å²) in [4.78, 5) is 22.6. The summed E-state index contributed by atoms with van der Waals surface area (Å²) < 4.78 is 0. The van der Waals surface area contributed by atoms with E-state index in [1.807, 2.05) is 0 Å². The van der Waals surface area contributed by atoms with Crippen LogP contribution in [0.3, 0.4) is 0 Å². The van der Waals surface area contributed by atoms with E-state index in [4.69, 9.17) is 5.11 Å². The lowest BCUT2D eigenvalue weighted by molar-refractivity contribution is -0.122. The number of aromatic carboxylic acids is 1. The Bertz CT molecular complexity index is 520. The van der Waals surface area contributed by atoms with Crippen LogP contribution in [0.1, 0.15) is 56.0 Å². The molecule has 0 spiro atoms. The van der Waals surface area contributed by atoms with Gasteiger partial charge >= 0.3 is 5.97 Å². The first kappa shape index (κ1) is 19.2. The third-order valence-corrected chi connectivity index (χ3v) is 3.77. The number of carbonyl (C=O) groups excluding carboxylic acids is 1. The van der Waals surface area contributed by atoms with Crippen LogP contribution in [0.2, 0.25) is 0 Å². The first-order valence-corrected chi connectivity index (χ1v) is 8.01. The summed E-state index contributed by atoms with van der Waals surface area (Å²) >= 11 is 0. The molecule has 0 heterocycles. The quantitative estimate of drug-likeness (QED) is 0.652. The minimum absolute atomic E-state index is 0.114. The number of aryl methyl sites for hydroxylation is 1. The number of carbonyl (C=O) groups is 2. The molecule has 23 heavy (non-hydrogen) atoms. The Morgan fingerprint density at radius 3 is 2.35 bits per heavy atom. The zero-order chi connectivity index (χ0) is 17.5. The molecule has 0 bridgehead atoms. The van der Waals surface area contributed by atoms with Crippen LogP contribution in [0, 0.1) is 5.92 Å². The Morgan fingerprint density at radius 1 is 1.22 bits per heavy atom. The number of carboxylic acid groups (broad SMARTS) is 1. The largest absolute Gasteiger partial charge is 0.478 e. The molecule has 1 aromatic rings. The van der Waals surface area contributed by atoms with E-state index in [9.17, 15) is 14.7 Å². The van der Waals surface area contributed by atoms with Crippen LogP contribution in [0.15, 0.2) is 24.3 Å². The first-order valence-electron chi connectivity index (χ1n) is 8.01. The van der Waals surface area contributed by atoms with Crippen LogP contribution in [0.25, 0.3) is 0 Å². The number of benzene rings is 1. The Kier molecular flexibility index (Phi) is 7.23. The van der Waals surface area contributed by atoms with Gasteiger partial charge in [0, 0.05) is 13.0 Å². The summed E-state index contributed by atoms with van der Waals surface area (Å²) in [6.07, 6.45) is 2.42. The summed E-state index contributed by atoms with van der Waals surface area (Å²) in [5, 5.41) is 21.8. The molecule has 0 radical (unpaired) electrons. The molecular formula is C18H27NO4. The third-order valence-electron chi connectivity index (χ3n) is 3.77. The van der Waals surface area contributed by atoms with E-state index in [2.05, 4.69) is 19.2 Å². The molecule has 0 aliphatic carbocycles. The predicted molar refractivity (Wildman–Crippen MR) is 89.4 cm³/mol. The molecule has 128 valence electrons. The van der Waals surface area contributed by atoms with Crippen LogP contribution < -0.4 is 5.32 Å². The van der Waals surface area contributed by atoms with E-state index in [0.29, 0.717) is 25.2 Å². The van der Waals surface area contributed by atoms with Crippen molar-refractivity contribution in [2.75, 3.05) is 6.54 Å². The van der Waals surface area contributed by atoms with Gasteiger partial charge < -0.3 is 15.5 Å². The van der Waals surface area contributed by atoms with Crippen LogP contribution in [0.5, 0.6) is 0 Å². The highest BCUT2D eigenvalue weighted by molar-refractivity contribution is 5.87. The number of rotatable bonds is 9. The molecule has 0 aliphatic heterocycles. The molecule has 1 aromatic carbocycles. The fourth-order valence-electron chi connectivity index (χ4n) is 2.14. The fourth-order valence-corrected chi connectivity index (χ4v) is 2.14. The van der Waals surface area contributed by atoms with E-state index < -0.39 is 11.6 Å². The minimum Gasteiger partial charge on any atom is -0.478 e. The SMILES string of the molecule is CC(C)CCC(C)(O)CNC(=O)CCc1ccc(C(=O)O)cc1. The summed E-state index contributed by atoms with van der Waals surface area (Å²) in [6, 6.07) is 6.50. The summed E-state index contributed by atoms with van der Waals surface area (Å²) in [7, 11) is 0. The van der Waals surface area contributed by atoms with Gasteiger partial charge in [0.05, 0.1) is 11.2 Å². The van der Waals surface area contributed by atoms with Crippen molar-refractivity contribution in [3.05, 3.63) is 35.4 Å². The Morgan fingerprint density at radius 2 is 1.83 bits per heavy atom. The van der Waals surface area contributed by atoms with Crippen molar-refractivity contribution < 1.29 is 19.8 Å². The van der Waals surface area contributed by atoms with Gasteiger partial charge in [0.2, 0.25) is 5.91 Å². The molecule has 1 atom stereocenters. The maximum absolute atomic E-state index is 11.9. The number of hydrogen-bond acceptors (Lipinski definition) is 3. The van der Waals surface area contributed by atoms with Crippen molar-refractivity contribution in [1.29, 1.82) is 0 Å². The molecule has 5 nitrogen and oxygen atoms in total. The Labute approximate surface area is 137 Å². The van der Waals surface area contributed by atoms with E-state index in [0.717, 1.165) is 12.0 Å². The summed E-state index contributed by atoms with van der Waals surface area (Å²) in [5.74, 6) is -0.555. The number of nitrogens with one attached hydrogen (secondary N) is 1. The van der Waals surface area contributed by atoms with E-state index in [1.54, 1.807) is 19.1 Å². The van der Waals surface area contributed by atoms with Gasteiger partial charge in [-0.1, -0.05) is 26.0 Å². The standard InChI is InChI=1S/C18H27NO4/c1-13(2)10-11-18(3,23)12-19-16(20)9-6-14-4-7-15(8-5-14)17(21)22/h4-5,7-8,13,23H,6,9-12H2,1-3H3,(H,19,20)(H,21,22). The Hall–Kier alpha value is -1.88. The lowest BCUT2D eigenvalue weighted by Crippen LogP contribution is -2.40. The molecule has 1 unspecified atom stereocenters. The van der Waals surface area contributed by atoms with Gasteiger partial charge in [-0.15, -0.1) is 0 Å². The van der Waals surface area contributed by atoms with Gasteiger partial charge in [0.15, 0.2) is 0 Å². The number of aliphatic hydroxyl groups is 1. The zero-order valence-electron chi connectivity index (χ0n) is 14.1. The lowest BCUT2D eigenvalue weighted by Gasteiger charge is -2.24. The Balaban J connectivity index is 2.35. The highest BCUT2D eigenvalue weighted by Gasteiger charge is 2.21. The normalized spacial score (nSPS) is 13.6. The molecule has 5 heteroatoms. The van der Waals surface area contributed by atoms with Crippen LogP contribution in [-0.4, -0.2) is 34.2 Å². The topological polar surface area (TPSA) is 86.6 Å². The van der Waals surface area contributed by atoms with Gasteiger partial charge in [-0.2, -0.15) is 0 Å². The second-order valence-corrected chi connectivity index (χ2v) is 6.71. The second-order valence-electron chi connectivity index (χ2n) is 6.71. The van der Waals surface area contributed by atoms with E-state index in [-0.39, 0.29) is 18.0 Å². The zero-order valence-corrected chi connectivity index (χ0v) is 14.1. The maximum Gasteiger partial charge on any atom is 0.335 e. The molecule has 0 fully saturated rings.